The number of hydrogen-bond donors (Lipinski definition) is 2. The molecular formula is C19H34IN5S. The summed E-state index contributed by atoms with van der Waals surface area (Å²) >= 11 is 1.86. The Bertz CT molecular complexity index is 530. The van der Waals surface area contributed by atoms with Crippen molar-refractivity contribution in [2.45, 2.75) is 32.2 Å². The first-order valence-electron chi connectivity index (χ1n) is 9.74. The van der Waals surface area contributed by atoms with E-state index in [2.05, 4.69) is 51.9 Å². The number of hydrogen-bond acceptors (Lipinski definition) is 4. The molecule has 1 aromatic rings. The molecule has 3 heterocycles. The second-order valence-corrected chi connectivity index (χ2v) is 8.27. The van der Waals surface area contributed by atoms with Gasteiger partial charge < -0.3 is 15.5 Å². The van der Waals surface area contributed by atoms with Crippen molar-refractivity contribution in [2.75, 3.05) is 52.9 Å². The van der Waals surface area contributed by atoms with E-state index in [1.807, 2.05) is 11.3 Å². The fourth-order valence-electron chi connectivity index (χ4n) is 3.87. The SMILES string of the molecule is CCNC(=NCC(c1cccs1)N1CCCC1)NCC1CCN(C)C1.I. The largest absolute Gasteiger partial charge is 0.357 e. The molecule has 0 amide bonds. The van der Waals surface area contributed by atoms with Crippen LogP contribution in [0.5, 0.6) is 0 Å². The monoisotopic (exact) mass is 491 g/mol. The highest BCUT2D eigenvalue weighted by molar-refractivity contribution is 14.0. The average molecular weight is 491 g/mol. The molecule has 26 heavy (non-hydrogen) atoms. The van der Waals surface area contributed by atoms with E-state index in [9.17, 15) is 0 Å². The molecule has 3 rings (SSSR count). The maximum Gasteiger partial charge on any atom is 0.191 e. The zero-order chi connectivity index (χ0) is 17.5. The van der Waals surface area contributed by atoms with Crippen molar-refractivity contribution in [3.8, 4) is 0 Å². The van der Waals surface area contributed by atoms with Gasteiger partial charge in [-0.2, -0.15) is 0 Å². The van der Waals surface area contributed by atoms with Gasteiger partial charge in [0.2, 0.25) is 0 Å². The third-order valence-electron chi connectivity index (χ3n) is 5.27. The topological polar surface area (TPSA) is 42.9 Å². The van der Waals surface area contributed by atoms with Gasteiger partial charge in [0.15, 0.2) is 5.96 Å². The molecule has 1 aromatic heterocycles. The number of likely N-dealkylation sites (tertiary alicyclic amines) is 2. The maximum atomic E-state index is 4.94. The van der Waals surface area contributed by atoms with E-state index in [1.165, 1.54) is 50.3 Å². The van der Waals surface area contributed by atoms with Crippen LogP contribution < -0.4 is 10.6 Å². The van der Waals surface area contributed by atoms with Crippen molar-refractivity contribution in [1.82, 2.24) is 20.4 Å². The Morgan fingerprint density at radius 2 is 2.12 bits per heavy atom. The van der Waals surface area contributed by atoms with E-state index in [-0.39, 0.29) is 24.0 Å². The van der Waals surface area contributed by atoms with Crippen LogP contribution in [0.15, 0.2) is 22.5 Å². The predicted octanol–water partition coefficient (Wildman–Crippen LogP) is 3.01. The average Bonchev–Trinajstić information content (AvgIpc) is 3.36. The van der Waals surface area contributed by atoms with Crippen LogP contribution in [0.25, 0.3) is 0 Å². The second-order valence-electron chi connectivity index (χ2n) is 7.29. The first-order valence-corrected chi connectivity index (χ1v) is 10.6. The zero-order valence-electron chi connectivity index (χ0n) is 16.1. The molecule has 0 aromatic carbocycles. The van der Waals surface area contributed by atoms with E-state index in [1.54, 1.807) is 0 Å². The van der Waals surface area contributed by atoms with Crippen LogP contribution in [-0.2, 0) is 0 Å². The molecule has 5 nitrogen and oxygen atoms in total. The van der Waals surface area contributed by atoms with Crippen molar-refractivity contribution in [1.29, 1.82) is 0 Å². The molecule has 0 radical (unpaired) electrons. The Labute approximate surface area is 179 Å². The Morgan fingerprint density at radius 1 is 1.31 bits per heavy atom. The fraction of sp³-hybridized carbons (Fsp3) is 0.737. The number of rotatable bonds is 7. The summed E-state index contributed by atoms with van der Waals surface area (Å²) in [5.41, 5.74) is 0. The number of thiophene rings is 1. The fourth-order valence-corrected chi connectivity index (χ4v) is 4.73. The normalized spacial score (nSPS) is 23.0. The Kier molecular flexibility index (Phi) is 9.66. The van der Waals surface area contributed by atoms with Gasteiger partial charge in [0.1, 0.15) is 0 Å². The molecule has 2 N–H and O–H groups in total. The van der Waals surface area contributed by atoms with Crippen LogP contribution in [-0.4, -0.2) is 68.6 Å². The lowest BCUT2D eigenvalue weighted by Crippen LogP contribution is -2.41. The summed E-state index contributed by atoms with van der Waals surface area (Å²) in [4.78, 5) is 11.4. The number of nitrogens with one attached hydrogen (secondary N) is 2. The number of nitrogens with zero attached hydrogens (tertiary/aromatic N) is 3. The quantitative estimate of drug-likeness (QED) is 0.350. The standard InChI is InChI=1S/C19H33N5S.HI/c1-3-20-19(21-13-16-8-11-23(2)15-16)22-14-17(18-7-6-12-25-18)24-9-4-5-10-24;/h6-7,12,16-17H,3-5,8-11,13-15H2,1-2H3,(H2,20,21,22);1H. The van der Waals surface area contributed by atoms with Crippen LogP contribution in [0.3, 0.4) is 0 Å². The van der Waals surface area contributed by atoms with Crippen molar-refractivity contribution in [3.63, 3.8) is 0 Å². The van der Waals surface area contributed by atoms with Crippen molar-refractivity contribution in [3.05, 3.63) is 22.4 Å². The highest BCUT2D eigenvalue weighted by Gasteiger charge is 2.24. The number of aliphatic imine (C=N–C) groups is 1. The van der Waals surface area contributed by atoms with Gasteiger partial charge in [0.05, 0.1) is 12.6 Å². The minimum atomic E-state index is 0. The minimum absolute atomic E-state index is 0. The second kappa shape index (κ2) is 11.5. The lowest BCUT2D eigenvalue weighted by Gasteiger charge is -2.25. The summed E-state index contributed by atoms with van der Waals surface area (Å²) in [5.74, 6) is 1.71. The molecular weight excluding hydrogens is 457 g/mol. The molecule has 2 atom stereocenters. The molecule has 2 unspecified atom stereocenters. The summed E-state index contributed by atoms with van der Waals surface area (Å²) in [6, 6.07) is 4.85. The summed E-state index contributed by atoms with van der Waals surface area (Å²) in [5, 5.41) is 9.17. The van der Waals surface area contributed by atoms with Gasteiger partial charge in [-0.05, 0) is 70.2 Å². The molecule has 7 heteroatoms. The third-order valence-corrected chi connectivity index (χ3v) is 6.24. The van der Waals surface area contributed by atoms with Crippen LogP contribution in [0.1, 0.15) is 37.1 Å². The molecule has 0 aliphatic carbocycles. The summed E-state index contributed by atoms with van der Waals surface area (Å²) in [7, 11) is 2.21. The molecule has 2 aliphatic heterocycles. The first-order chi connectivity index (χ1) is 12.3. The van der Waals surface area contributed by atoms with Crippen molar-refractivity contribution in [2.24, 2.45) is 10.9 Å². The number of halogens is 1. The van der Waals surface area contributed by atoms with Crippen molar-refractivity contribution < 1.29 is 0 Å². The van der Waals surface area contributed by atoms with Crippen LogP contribution >= 0.6 is 35.3 Å². The van der Waals surface area contributed by atoms with Gasteiger partial charge in [-0.1, -0.05) is 6.07 Å². The maximum absolute atomic E-state index is 4.94. The summed E-state index contributed by atoms with van der Waals surface area (Å²) in [6.07, 6.45) is 3.92. The smallest absolute Gasteiger partial charge is 0.191 e. The Balaban J connectivity index is 0.00000243. The Hall–Kier alpha value is -0.380. The Morgan fingerprint density at radius 3 is 2.73 bits per heavy atom. The van der Waals surface area contributed by atoms with E-state index in [0.717, 1.165) is 31.5 Å². The molecule has 0 spiro atoms. The van der Waals surface area contributed by atoms with Gasteiger partial charge in [-0.15, -0.1) is 35.3 Å². The van der Waals surface area contributed by atoms with E-state index in [4.69, 9.17) is 4.99 Å². The van der Waals surface area contributed by atoms with E-state index < -0.39 is 0 Å². The molecule has 148 valence electrons. The summed E-state index contributed by atoms with van der Waals surface area (Å²) in [6.45, 7) is 9.71. The summed E-state index contributed by atoms with van der Waals surface area (Å²) < 4.78 is 0. The van der Waals surface area contributed by atoms with Crippen LogP contribution in [0.4, 0.5) is 0 Å². The van der Waals surface area contributed by atoms with E-state index >= 15 is 0 Å². The van der Waals surface area contributed by atoms with Crippen molar-refractivity contribution >= 4 is 41.3 Å². The first kappa shape index (κ1) is 21.9. The zero-order valence-corrected chi connectivity index (χ0v) is 19.3. The molecule has 2 saturated heterocycles. The predicted molar refractivity (Wildman–Crippen MR) is 123 cm³/mol. The van der Waals surface area contributed by atoms with Crippen LogP contribution in [0.2, 0.25) is 0 Å². The lowest BCUT2D eigenvalue weighted by atomic mass is 10.1. The molecule has 2 aliphatic rings. The lowest BCUT2D eigenvalue weighted by molar-refractivity contribution is 0.255. The van der Waals surface area contributed by atoms with Gasteiger partial charge >= 0.3 is 0 Å². The molecule has 0 saturated carbocycles. The minimum Gasteiger partial charge on any atom is -0.357 e. The highest BCUT2D eigenvalue weighted by atomic mass is 127. The highest BCUT2D eigenvalue weighted by Crippen LogP contribution is 2.28. The molecule has 0 bridgehead atoms. The van der Waals surface area contributed by atoms with E-state index in [0.29, 0.717) is 6.04 Å². The van der Waals surface area contributed by atoms with Gasteiger partial charge in [0, 0.05) is 24.5 Å². The van der Waals surface area contributed by atoms with Gasteiger partial charge in [-0.25, -0.2) is 0 Å². The van der Waals surface area contributed by atoms with Crippen LogP contribution in [0, 0.1) is 5.92 Å². The molecule has 2 fully saturated rings. The van der Waals surface area contributed by atoms with Gasteiger partial charge in [-0.3, -0.25) is 9.89 Å². The van der Waals surface area contributed by atoms with Gasteiger partial charge in [0.25, 0.3) is 0 Å². The third kappa shape index (κ3) is 6.35. The number of guanidine groups is 1.